The summed E-state index contributed by atoms with van der Waals surface area (Å²) in [7, 11) is 6.10. The molecule has 0 saturated heterocycles. The highest BCUT2D eigenvalue weighted by atomic mass is 16.5. The Morgan fingerprint density at radius 1 is 1.03 bits per heavy atom. The first kappa shape index (κ1) is 24.3. The van der Waals surface area contributed by atoms with Gasteiger partial charge in [0.05, 0.1) is 10.9 Å². The second-order valence-electron chi connectivity index (χ2n) is 9.97. The van der Waals surface area contributed by atoms with Crippen molar-refractivity contribution in [2.75, 3.05) is 33.0 Å². The van der Waals surface area contributed by atoms with Crippen molar-refractivity contribution in [1.29, 1.82) is 0 Å². The van der Waals surface area contributed by atoms with Crippen LogP contribution in [0.5, 0.6) is 5.75 Å². The number of rotatable bonds is 9. The van der Waals surface area contributed by atoms with Crippen molar-refractivity contribution in [3.8, 4) is 16.9 Å². The molecule has 1 aliphatic carbocycles. The minimum absolute atomic E-state index is 0.0641. The predicted octanol–water partition coefficient (Wildman–Crippen LogP) is 5.97. The summed E-state index contributed by atoms with van der Waals surface area (Å²) in [6.07, 6.45) is 3.97. The summed E-state index contributed by atoms with van der Waals surface area (Å²) in [4.78, 5) is 6.55. The van der Waals surface area contributed by atoms with Crippen molar-refractivity contribution in [3.05, 3.63) is 78.5 Å². The van der Waals surface area contributed by atoms with Crippen LogP contribution in [-0.2, 0) is 0 Å². The Morgan fingerprint density at radius 3 is 2.58 bits per heavy atom. The van der Waals surface area contributed by atoms with E-state index in [4.69, 9.17) is 9.15 Å². The van der Waals surface area contributed by atoms with Gasteiger partial charge in [0.15, 0.2) is 0 Å². The molecule has 2 heterocycles. The Bertz CT molecular complexity index is 1290. The maximum atomic E-state index is 6.33. The Kier molecular flexibility index (Phi) is 7.25. The lowest BCUT2D eigenvalue weighted by atomic mass is 9.94. The molecule has 36 heavy (non-hydrogen) atoms. The summed E-state index contributed by atoms with van der Waals surface area (Å²) in [5.41, 5.74) is 4.05. The van der Waals surface area contributed by atoms with Gasteiger partial charge >= 0.3 is 0 Å². The smallest absolute Gasteiger partial charge is 0.229 e. The zero-order chi connectivity index (χ0) is 25.1. The van der Waals surface area contributed by atoms with Crippen LogP contribution in [0.2, 0.25) is 0 Å². The lowest BCUT2D eigenvalue weighted by molar-refractivity contribution is 0.0821. The molecule has 1 saturated carbocycles. The first-order valence-electron chi connectivity index (χ1n) is 12.8. The lowest BCUT2D eigenvalue weighted by Crippen LogP contribution is -2.30. The molecule has 0 aliphatic heterocycles. The third kappa shape index (κ3) is 4.97. The molecular formula is C30H36N4O2. The molecular weight excluding hydrogens is 448 g/mol. The molecule has 2 N–H and O–H groups in total. The summed E-state index contributed by atoms with van der Waals surface area (Å²) < 4.78 is 12.6. The van der Waals surface area contributed by atoms with E-state index in [1.165, 1.54) is 5.56 Å². The number of aromatic nitrogens is 1. The Balaban J connectivity index is 1.42. The molecule has 4 aromatic rings. The fraction of sp³-hybridized carbons (Fsp3) is 0.367. The van der Waals surface area contributed by atoms with E-state index in [2.05, 4.69) is 65.1 Å². The van der Waals surface area contributed by atoms with E-state index in [0.717, 1.165) is 47.5 Å². The van der Waals surface area contributed by atoms with Crippen molar-refractivity contribution in [3.63, 3.8) is 0 Å². The summed E-state index contributed by atoms with van der Waals surface area (Å²) in [5.74, 6) is 2.62. The van der Waals surface area contributed by atoms with Gasteiger partial charge in [-0.2, -0.15) is 0 Å². The van der Waals surface area contributed by atoms with E-state index in [1.807, 2.05) is 50.2 Å². The number of hydrogen-bond donors (Lipinski definition) is 2. The molecule has 4 atom stereocenters. The van der Waals surface area contributed by atoms with E-state index in [9.17, 15) is 0 Å². The van der Waals surface area contributed by atoms with Crippen LogP contribution in [0.3, 0.4) is 0 Å². The number of nitrogens with one attached hydrogen (secondary N) is 2. The first-order chi connectivity index (χ1) is 17.5. The summed E-state index contributed by atoms with van der Waals surface area (Å²) in [5, 5.41) is 8.20. The topological polar surface area (TPSA) is 62.6 Å². The van der Waals surface area contributed by atoms with Gasteiger partial charge in [0.25, 0.3) is 0 Å². The molecule has 6 heteroatoms. The van der Waals surface area contributed by atoms with Gasteiger partial charge < -0.3 is 19.8 Å². The minimum Gasteiger partial charge on any atom is -0.475 e. The molecule has 6 nitrogen and oxygen atoms in total. The second-order valence-corrected chi connectivity index (χ2v) is 9.97. The number of para-hydroxylation sites is 1. The Hall–Kier alpha value is -3.35. The van der Waals surface area contributed by atoms with Crippen molar-refractivity contribution < 1.29 is 9.15 Å². The van der Waals surface area contributed by atoms with E-state index in [0.29, 0.717) is 23.6 Å². The number of benzene rings is 2. The number of likely N-dealkylation sites (N-methyl/N-ethyl adjacent to an activating group) is 1. The van der Waals surface area contributed by atoms with Crippen molar-refractivity contribution in [1.82, 2.24) is 15.2 Å². The number of fused-ring (bicyclic) bond motifs is 1. The van der Waals surface area contributed by atoms with Gasteiger partial charge in [-0.1, -0.05) is 48.5 Å². The van der Waals surface area contributed by atoms with Crippen LogP contribution in [-0.4, -0.2) is 49.8 Å². The quantitative estimate of drug-likeness (QED) is 0.285. The highest BCUT2D eigenvalue weighted by Crippen LogP contribution is 2.43. The molecule has 0 amide bonds. The average molecular weight is 485 g/mol. The third-order valence-electron chi connectivity index (χ3n) is 7.46. The molecule has 2 aromatic heterocycles. The highest BCUT2D eigenvalue weighted by molar-refractivity contribution is 6.00. The van der Waals surface area contributed by atoms with Gasteiger partial charge in [-0.05, 0) is 76.5 Å². The average Bonchev–Trinajstić information content (AvgIpc) is 3.49. The zero-order valence-corrected chi connectivity index (χ0v) is 21.6. The molecule has 0 bridgehead atoms. The molecule has 1 aliphatic rings. The van der Waals surface area contributed by atoms with E-state index < -0.39 is 0 Å². The van der Waals surface area contributed by atoms with Crippen molar-refractivity contribution in [2.45, 2.75) is 38.0 Å². The van der Waals surface area contributed by atoms with Crippen LogP contribution in [0.25, 0.3) is 22.2 Å². The number of hydrogen-bond acceptors (Lipinski definition) is 6. The summed E-state index contributed by atoms with van der Waals surface area (Å²) >= 11 is 0. The van der Waals surface area contributed by atoms with Crippen LogP contribution >= 0.6 is 0 Å². The van der Waals surface area contributed by atoms with E-state index in [1.54, 1.807) is 6.20 Å². The molecule has 5 rings (SSSR count). The number of furan rings is 1. The number of anilines is 1. The fourth-order valence-corrected chi connectivity index (χ4v) is 5.32. The van der Waals surface area contributed by atoms with E-state index in [-0.39, 0.29) is 6.23 Å². The molecule has 0 spiro atoms. The minimum atomic E-state index is -0.0641. The zero-order valence-electron chi connectivity index (χ0n) is 21.6. The number of pyridine rings is 1. The second kappa shape index (κ2) is 10.7. The van der Waals surface area contributed by atoms with Gasteiger partial charge in [0.1, 0.15) is 12.0 Å². The van der Waals surface area contributed by atoms with Crippen molar-refractivity contribution in [2.24, 2.45) is 5.92 Å². The number of ether oxygens (including phenoxy) is 1. The largest absolute Gasteiger partial charge is 0.475 e. The molecule has 188 valence electrons. The summed E-state index contributed by atoms with van der Waals surface area (Å²) in [6, 6.07) is 23.5. The van der Waals surface area contributed by atoms with Crippen LogP contribution in [0.15, 0.2) is 77.3 Å². The molecule has 4 unspecified atom stereocenters. The van der Waals surface area contributed by atoms with Gasteiger partial charge in [-0.15, -0.1) is 0 Å². The van der Waals surface area contributed by atoms with Crippen LogP contribution in [0.1, 0.15) is 31.2 Å². The van der Waals surface area contributed by atoms with Gasteiger partial charge in [-0.3, -0.25) is 4.90 Å². The van der Waals surface area contributed by atoms with E-state index >= 15 is 0 Å². The van der Waals surface area contributed by atoms with Gasteiger partial charge in [0.2, 0.25) is 11.6 Å². The summed E-state index contributed by atoms with van der Waals surface area (Å²) in [6.45, 7) is 2.89. The van der Waals surface area contributed by atoms with Gasteiger partial charge in [0, 0.05) is 24.3 Å². The van der Waals surface area contributed by atoms with Crippen LogP contribution < -0.4 is 15.4 Å². The van der Waals surface area contributed by atoms with Crippen molar-refractivity contribution >= 4 is 17.0 Å². The first-order valence-corrected chi connectivity index (χ1v) is 12.8. The van der Waals surface area contributed by atoms with Crippen LogP contribution in [0, 0.1) is 5.92 Å². The Morgan fingerprint density at radius 2 is 1.81 bits per heavy atom. The number of nitrogens with zero attached hydrogens (tertiary/aromatic N) is 2. The van der Waals surface area contributed by atoms with Gasteiger partial charge in [-0.25, -0.2) is 4.98 Å². The normalized spacial score (nSPS) is 20.6. The molecule has 0 radical (unpaired) electrons. The maximum Gasteiger partial charge on any atom is 0.229 e. The molecule has 2 aromatic carbocycles. The Labute approximate surface area is 213 Å². The predicted molar refractivity (Wildman–Crippen MR) is 146 cm³/mol. The fourth-order valence-electron chi connectivity index (χ4n) is 5.32. The highest BCUT2D eigenvalue weighted by Gasteiger charge is 2.34. The standard InChI is InChI=1S/C30H36N4O2/c1-20(34(3)4)35-27-15-9-8-13-23(27)28-24-14-10-16-32-29(24)36-30(28)33-19-21-17-25(26(18-21)31-2)22-11-6-5-7-12-22/h5-16,20-21,25-26,31,33H,17-19H2,1-4H3. The SMILES string of the molecule is CNC1CC(CNc2oc3ncccc3c2-c2ccccc2OC(C)N(C)C)CC1c1ccccc1. The van der Waals surface area contributed by atoms with Crippen LogP contribution in [0.4, 0.5) is 5.88 Å². The maximum absolute atomic E-state index is 6.33. The molecule has 1 fully saturated rings. The lowest BCUT2D eigenvalue weighted by Gasteiger charge is -2.23. The monoisotopic (exact) mass is 484 g/mol. The third-order valence-corrected chi connectivity index (χ3v) is 7.46.